The van der Waals surface area contributed by atoms with Gasteiger partial charge < -0.3 is 10.2 Å². The second-order valence-electron chi connectivity index (χ2n) is 6.81. The Morgan fingerprint density at radius 1 is 1.12 bits per heavy atom. The number of benzene rings is 2. The number of nitrogens with zero attached hydrogens (tertiary/aromatic N) is 2. The van der Waals surface area contributed by atoms with Crippen molar-refractivity contribution in [3.05, 3.63) is 70.8 Å². The molecular weight excluding hydrogens is 310 g/mol. The number of nitrogens with one attached hydrogen (secondary N) is 1. The Morgan fingerprint density at radius 3 is 2.64 bits per heavy atom. The number of aryl methyl sites for hydroxylation is 1. The van der Waals surface area contributed by atoms with Gasteiger partial charge in [-0.05, 0) is 35.6 Å². The Bertz CT molecular complexity index is 729. The summed E-state index contributed by atoms with van der Waals surface area (Å²) in [5.41, 5.74) is 5.28. The third kappa shape index (κ3) is 4.60. The van der Waals surface area contributed by atoms with Crippen LogP contribution in [-0.2, 0) is 19.5 Å². The van der Waals surface area contributed by atoms with Crippen LogP contribution in [0, 0.1) is 6.92 Å². The lowest BCUT2D eigenvalue weighted by Gasteiger charge is -2.29. The van der Waals surface area contributed by atoms with Crippen molar-refractivity contribution in [2.24, 2.45) is 0 Å². The molecule has 0 saturated carbocycles. The van der Waals surface area contributed by atoms with E-state index in [1.165, 1.54) is 22.3 Å². The first-order valence-corrected chi connectivity index (χ1v) is 8.96. The van der Waals surface area contributed by atoms with Gasteiger partial charge in [0.2, 0.25) is 0 Å². The zero-order valence-electron chi connectivity index (χ0n) is 15.2. The molecule has 4 heteroatoms. The highest BCUT2D eigenvalue weighted by Crippen LogP contribution is 2.17. The molecular formula is C21H27N3O. The number of amides is 2. The predicted molar refractivity (Wildman–Crippen MR) is 101 cm³/mol. The van der Waals surface area contributed by atoms with Gasteiger partial charge in [0.15, 0.2) is 0 Å². The topological polar surface area (TPSA) is 35.6 Å². The van der Waals surface area contributed by atoms with E-state index in [-0.39, 0.29) is 6.03 Å². The van der Waals surface area contributed by atoms with E-state index in [0.29, 0.717) is 13.1 Å². The van der Waals surface area contributed by atoms with E-state index >= 15 is 0 Å². The standard InChI is InChI=1S/C21H27N3O/c1-17-7-3-4-9-19(17)15-23(2)21(25)22-12-14-24-13-11-18-8-5-6-10-20(18)16-24/h3-10H,11-16H2,1-2H3,(H,22,25). The smallest absolute Gasteiger partial charge is 0.317 e. The number of carbonyl (C=O) groups excluding carboxylic acids is 1. The van der Waals surface area contributed by atoms with Gasteiger partial charge in [0, 0.05) is 39.8 Å². The molecule has 1 N–H and O–H groups in total. The third-order valence-electron chi connectivity index (χ3n) is 4.93. The molecule has 0 bridgehead atoms. The second kappa shape index (κ2) is 8.17. The molecule has 0 radical (unpaired) electrons. The molecule has 3 rings (SSSR count). The lowest BCUT2D eigenvalue weighted by atomic mass is 10.00. The molecule has 0 fully saturated rings. The number of hydrogen-bond acceptors (Lipinski definition) is 2. The summed E-state index contributed by atoms with van der Waals surface area (Å²) in [5.74, 6) is 0. The molecule has 1 aliphatic heterocycles. The number of carbonyl (C=O) groups is 1. The molecule has 2 aromatic rings. The molecule has 0 saturated heterocycles. The normalized spacial score (nSPS) is 14.0. The van der Waals surface area contributed by atoms with E-state index in [1.807, 2.05) is 19.2 Å². The minimum atomic E-state index is -0.0133. The largest absolute Gasteiger partial charge is 0.337 e. The van der Waals surface area contributed by atoms with Crippen molar-refractivity contribution in [1.29, 1.82) is 0 Å². The van der Waals surface area contributed by atoms with E-state index in [1.54, 1.807) is 4.90 Å². The molecule has 25 heavy (non-hydrogen) atoms. The van der Waals surface area contributed by atoms with Gasteiger partial charge in [-0.3, -0.25) is 4.90 Å². The van der Waals surface area contributed by atoms with Crippen LogP contribution in [0.4, 0.5) is 4.79 Å². The van der Waals surface area contributed by atoms with Crippen LogP contribution in [0.15, 0.2) is 48.5 Å². The fraction of sp³-hybridized carbons (Fsp3) is 0.381. The van der Waals surface area contributed by atoms with Crippen LogP contribution in [0.1, 0.15) is 22.3 Å². The molecule has 0 unspecified atom stereocenters. The summed E-state index contributed by atoms with van der Waals surface area (Å²) in [5, 5.41) is 3.04. The van der Waals surface area contributed by atoms with Gasteiger partial charge in [0.1, 0.15) is 0 Å². The van der Waals surface area contributed by atoms with E-state index in [0.717, 1.165) is 26.1 Å². The maximum atomic E-state index is 12.3. The van der Waals surface area contributed by atoms with Crippen LogP contribution in [0.3, 0.4) is 0 Å². The highest BCUT2D eigenvalue weighted by molar-refractivity contribution is 5.73. The zero-order chi connectivity index (χ0) is 17.6. The molecule has 0 spiro atoms. The first-order valence-electron chi connectivity index (χ1n) is 8.96. The second-order valence-corrected chi connectivity index (χ2v) is 6.81. The van der Waals surface area contributed by atoms with Gasteiger partial charge in [-0.25, -0.2) is 4.79 Å². The fourth-order valence-corrected chi connectivity index (χ4v) is 3.32. The molecule has 2 amide bonds. The summed E-state index contributed by atoms with van der Waals surface area (Å²) < 4.78 is 0. The summed E-state index contributed by atoms with van der Waals surface area (Å²) in [6.07, 6.45) is 1.09. The number of urea groups is 1. The first-order chi connectivity index (χ1) is 12.1. The summed E-state index contributed by atoms with van der Waals surface area (Å²) >= 11 is 0. The molecule has 132 valence electrons. The Hall–Kier alpha value is -2.33. The Morgan fingerprint density at radius 2 is 1.84 bits per heavy atom. The van der Waals surface area contributed by atoms with E-state index < -0.39 is 0 Å². The van der Waals surface area contributed by atoms with Crippen molar-refractivity contribution < 1.29 is 4.79 Å². The lowest BCUT2D eigenvalue weighted by molar-refractivity contribution is 0.201. The van der Waals surface area contributed by atoms with E-state index in [2.05, 4.69) is 53.5 Å². The first kappa shape index (κ1) is 17.5. The van der Waals surface area contributed by atoms with Gasteiger partial charge in [-0.1, -0.05) is 48.5 Å². The third-order valence-corrected chi connectivity index (χ3v) is 4.93. The molecule has 1 heterocycles. The van der Waals surface area contributed by atoms with Crippen molar-refractivity contribution in [1.82, 2.24) is 15.1 Å². The SMILES string of the molecule is Cc1ccccc1CN(C)C(=O)NCCN1CCc2ccccc2C1. The van der Waals surface area contributed by atoms with Crippen LogP contribution in [0.25, 0.3) is 0 Å². The van der Waals surface area contributed by atoms with Crippen molar-refractivity contribution in [3.8, 4) is 0 Å². The average Bonchev–Trinajstić information content (AvgIpc) is 2.63. The van der Waals surface area contributed by atoms with Crippen molar-refractivity contribution in [3.63, 3.8) is 0 Å². The maximum absolute atomic E-state index is 12.3. The van der Waals surface area contributed by atoms with Crippen LogP contribution < -0.4 is 5.32 Å². The predicted octanol–water partition coefficient (Wildman–Crippen LogP) is 3.19. The molecule has 4 nitrogen and oxygen atoms in total. The maximum Gasteiger partial charge on any atom is 0.317 e. The van der Waals surface area contributed by atoms with Gasteiger partial charge in [-0.2, -0.15) is 0 Å². The minimum absolute atomic E-state index is 0.0133. The van der Waals surface area contributed by atoms with Crippen LogP contribution in [0.5, 0.6) is 0 Å². The van der Waals surface area contributed by atoms with Crippen molar-refractivity contribution in [2.75, 3.05) is 26.7 Å². The molecule has 0 atom stereocenters. The van der Waals surface area contributed by atoms with E-state index in [4.69, 9.17) is 0 Å². The number of hydrogen-bond donors (Lipinski definition) is 1. The minimum Gasteiger partial charge on any atom is -0.337 e. The highest BCUT2D eigenvalue weighted by Gasteiger charge is 2.16. The molecule has 1 aliphatic rings. The van der Waals surface area contributed by atoms with E-state index in [9.17, 15) is 4.79 Å². The fourth-order valence-electron chi connectivity index (χ4n) is 3.32. The monoisotopic (exact) mass is 337 g/mol. The molecule has 0 aromatic heterocycles. The van der Waals surface area contributed by atoms with Gasteiger partial charge in [-0.15, -0.1) is 0 Å². The number of rotatable bonds is 5. The van der Waals surface area contributed by atoms with Crippen LogP contribution in [-0.4, -0.2) is 42.5 Å². The van der Waals surface area contributed by atoms with Crippen molar-refractivity contribution >= 4 is 6.03 Å². The Labute approximate surface area is 150 Å². The molecule has 0 aliphatic carbocycles. The van der Waals surface area contributed by atoms with Gasteiger partial charge in [0.25, 0.3) is 0 Å². The Kier molecular flexibility index (Phi) is 5.71. The van der Waals surface area contributed by atoms with Crippen molar-refractivity contribution in [2.45, 2.75) is 26.4 Å². The van der Waals surface area contributed by atoms with Crippen LogP contribution >= 0.6 is 0 Å². The van der Waals surface area contributed by atoms with Gasteiger partial charge >= 0.3 is 6.03 Å². The summed E-state index contributed by atoms with van der Waals surface area (Å²) in [7, 11) is 1.85. The molecule has 2 aromatic carbocycles. The number of fused-ring (bicyclic) bond motifs is 1. The quantitative estimate of drug-likeness (QED) is 0.909. The zero-order valence-corrected chi connectivity index (χ0v) is 15.2. The highest BCUT2D eigenvalue weighted by atomic mass is 16.2. The lowest BCUT2D eigenvalue weighted by Crippen LogP contribution is -2.42. The summed E-state index contributed by atoms with van der Waals surface area (Å²) in [6, 6.07) is 16.8. The average molecular weight is 337 g/mol. The van der Waals surface area contributed by atoms with Gasteiger partial charge in [0.05, 0.1) is 0 Å². The summed E-state index contributed by atoms with van der Waals surface area (Å²) in [6.45, 7) is 6.32. The Balaban J connectivity index is 1.43. The summed E-state index contributed by atoms with van der Waals surface area (Å²) in [4.78, 5) is 16.4. The van der Waals surface area contributed by atoms with Crippen LogP contribution in [0.2, 0.25) is 0 Å².